The highest BCUT2D eigenvalue weighted by atomic mass is 35.5. The molecule has 1 amide bonds. The second kappa shape index (κ2) is 7.65. The average Bonchev–Trinajstić information content (AvgIpc) is 2.99. The Hall–Kier alpha value is -2.74. The standard InChI is InChI=1S/C17H17ClN2O6/c1-9-5-14(26-20-9)19-17(22)10(2)25-15(21)8-11-6-12(18)16-13(7-11)23-3-4-24-16/h5-7,10H,3-4,8H2,1-2H3,(H,19,22). The molecule has 1 aromatic heterocycles. The van der Waals surface area contributed by atoms with Gasteiger partial charge in [-0.2, -0.15) is 0 Å². The maximum atomic E-state index is 12.1. The highest BCUT2D eigenvalue weighted by Crippen LogP contribution is 2.38. The largest absolute Gasteiger partial charge is 0.486 e. The fraction of sp³-hybridized carbons (Fsp3) is 0.353. The molecule has 2 heterocycles. The third kappa shape index (κ3) is 4.26. The number of aromatic nitrogens is 1. The molecule has 1 aliphatic heterocycles. The Morgan fingerprint density at radius 2 is 2.08 bits per heavy atom. The van der Waals surface area contributed by atoms with Gasteiger partial charge in [-0.25, -0.2) is 0 Å². The highest BCUT2D eigenvalue weighted by molar-refractivity contribution is 6.32. The van der Waals surface area contributed by atoms with Crippen LogP contribution in [0.4, 0.5) is 5.88 Å². The summed E-state index contributed by atoms with van der Waals surface area (Å²) in [6, 6.07) is 4.84. The lowest BCUT2D eigenvalue weighted by Gasteiger charge is -2.20. The Kier molecular flexibility index (Phi) is 5.32. The summed E-state index contributed by atoms with van der Waals surface area (Å²) in [6.07, 6.45) is -1.06. The first-order valence-corrected chi connectivity index (χ1v) is 8.32. The van der Waals surface area contributed by atoms with Gasteiger partial charge in [0.05, 0.1) is 17.1 Å². The summed E-state index contributed by atoms with van der Waals surface area (Å²) >= 11 is 6.14. The lowest BCUT2D eigenvalue weighted by molar-refractivity contribution is -0.152. The molecule has 1 aliphatic rings. The van der Waals surface area contributed by atoms with Crippen LogP contribution in [-0.4, -0.2) is 36.4 Å². The second-order valence-corrected chi connectivity index (χ2v) is 6.14. The van der Waals surface area contributed by atoms with Crippen molar-refractivity contribution in [1.29, 1.82) is 0 Å². The molecule has 3 rings (SSSR count). The van der Waals surface area contributed by atoms with Crippen molar-refractivity contribution in [2.45, 2.75) is 26.4 Å². The van der Waals surface area contributed by atoms with Gasteiger partial charge in [-0.3, -0.25) is 14.9 Å². The van der Waals surface area contributed by atoms with Gasteiger partial charge in [-0.05, 0) is 31.5 Å². The van der Waals surface area contributed by atoms with Crippen LogP contribution in [0.1, 0.15) is 18.2 Å². The number of hydrogen-bond donors (Lipinski definition) is 1. The highest BCUT2D eigenvalue weighted by Gasteiger charge is 2.21. The Morgan fingerprint density at radius 1 is 1.31 bits per heavy atom. The fourth-order valence-electron chi connectivity index (χ4n) is 2.37. The number of esters is 1. The van der Waals surface area contributed by atoms with Crippen LogP contribution in [0.3, 0.4) is 0 Å². The van der Waals surface area contributed by atoms with E-state index in [1.807, 2.05) is 0 Å². The minimum atomic E-state index is -0.999. The Morgan fingerprint density at radius 3 is 2.81 bits per heavy atom. The predicted molar refractivity (Wildman–Crippen MR) is 91.6 cm³/mol. The summed E-state index contributed by atoms with van der Waals surface area (Å²) in [5.74, 6) is 0.0426. The van der Waals surface area contributed by atoms with E-state index in [0.29, 0.717) is 41.0 Å². The molecule has 0 spiro atoms. The van der Waals surface area contributed by atoms with Crippen molar-refractivity contribution < 1.29 is 28.3 Å². The second-order valence-electron chi connectivity index (χ2n) is 5.73. The number of amides is 1. The van der Waals surface area contributed by atoms with Crippen LogP contribution in [0.15, 0.2) is 22.7 Å². The van der Waals surface area contributed by atoms with Gasteiger partial charge in [0.15, 0.2) is 17.6 Å². The summed E-state index contributed by atoms with van der Waals surface area (Å²) in [7, 11) is 0. The first-order valence-electron chi connectivity index (χ1n) is 7.94. The number of hydrogen-bond acceptors (Lipinski definition) is 7. The topological polar surface area (TPSA) is 99.9 Å². The predicted octanol–water partition coefficient (Wildman–Crippen LogP) is 2.52. The number of rotatable bonds is 5. The van der Waals surface area contributed by atoms with E-state index in [-0.39, 0.29) is 12.3 Å². The van der Waals surface area contributed by atoms with Crippen molar-refractivity contribution in [2.75, 3.05) is 18.5 Å². The van der Waals surface area contributed by atoms with Crippen LogP contribution >= 0.6 is 11.6 Å². The summed E-state index contributed by atoms with van der Waals surface area (Å²) in [5.41, 5.74) is 1.23. The van der Waals surface area contributed by atoms with Crippen LogP contribution in [0.25, 0.3) is 0 Å². The van der Waals surface area contributed by atoms with Gasteiger partial charge in [0, 0.05) is 6.07 Å². The zero-order chi connectivity index (χ0) is 18.7. The molecule has 0 saturated carbocycles. The number of benzene rings is 1. The van der Waals surface area contributed by atoms with E-state index in [4.69, 9.17) is 30.3 Å². The summed E-state index contributed by atoms with van der Waals surface area (Å²) in [4.78, 5) is 24.1. The van der Waals surface area contributed by atoms with Gasteiger partial charge >= 0.3 is 5.97 Å². The van der Waals surface area contributed by atoms with Crippen molar-refractivity contribution in [2.24, 2.45) is 0 Å². The van der Waals surface area contributed by atoms with Crippen LogP contribution < -0.4 is 14.8 Å². The van der Waals surface area contributed by atoms with E-state index in [1.54, 1.807) is 25.1 Å². The first-order chi connectivity index (χ1) is 12.4. The molecule has 0 saturated heterocycles. The van der Waals surface area contributed by atoms with Gasteiger partial charge in [-0.15, -0.1) is 0 Å². The molecule has 0 bridgehead atoms. The number of halogens is 1. The Balaban J connectivity index is 1.58. The van der Waals surface area contributed by atoms with Crippen LogP contribution in [0, 0.1) is 6.92 Å². The van der Waals surface area contributed by atoms with E-state index in [9.17, 15) is 9.59 Å². The number of anilines is 1. The zero-order valence-corrected chi connectivity index (χ0v) is 15.0. The molecule has 26 heavy (non-hydrogen) atoms. The normalized spacial score (nSPS) is 13.8. The molecule has 0 radical (unpaired) electrons. The lowest BCUT2D eigenvalue weighted by Crippen LogP contribution is -2.30. The molecule has 8 nitrogen and oxygen atoms in total. The zero-order valence-electron chi connectivity index (χ0n) is 14.2. The Labute approximate surface area is 154 Å². The number of aryl methyl sites for hydroxylation is 1. The van der Waals surface area contributed by atoms with E-state index in [1.165, 1.54) is 6.92 Å². The number of carbonyl (C=O) groups excluding carboxylic acids is 2. The molecule has 1 atom stereocenters. The number of ether oxygens (including phenoxy) is 3. The van der Waals surface area contributed by atoms with Gasteiger partial charge in [0.25, 0.3) is 5.91 Å². The number of nitrogens with one attached hydrogen (secondary N) is 1. The van der Waals surface area contributed by atoms with E-state index >= 15 is 0 Å². The third-order valence-corrected chi connectivity index (χ3v) is 3.84. The monoisotopic (exact) mass is 380 g/mol. The molecule has 1 N–H and O–H groups in total. The third-order valence-electron chi connectivity index (χ3n) is 3.56. The van der Waals surface area contributed by atoms with Crippen molar-refractivity contribution >= 4 is 29.4 Å². The van der Waals surface area contributed by atoms with Crippen LogP contribution in [0.5, 0.6) is 11.5 Å². The quantitative estimate of drug-likeness (QED) is 0.795. The van der Waals surface area contributed by atoms with E-state index in [0.717, 1.165) is 0 Å². The summed E-state index contributed by atoms with van der Waals surface area (Å²) in [5, 5.41) is 6.49. The van der Waals surface area contributed by atoms with Gasteiger partial charge in [0.2, 0.25) is 5.88 Å². The smallest absolute Gasteiger partial charge is 0.311 e. The van der Waals surface area contributed by atoms with Gasteiger partial charge in [-0.1, -0.05) is 16.8 Å². The summed E-state index contributed by atoms with van der Waals surface area (Å²) in [6.45, 7) is 4.02. The number of fused-ring (bicyclic) bond motifs is 1. The minimum absolute atomic E-state index is 0.0601. The summed E-state index contributed by atoms with van der Waals surface area (Å²) < 4.78 is 20.9. The maximum Gasteiger partial charge on any atom is 0.311 e. The molecule has 138 valence electrons. The van der Waals surface area contributed by atoms with Crippen molar-refractivity contribution in [3.05, 3.63) is 34.5 Å². The van der Waals surface area contributed by atoms with Crippen molar-refractivity contribution in [3.63, 3.8) is 0 Å². The van der Waals surface area contributed by atoms with Gasteiger partial charge in [0.1, 0.15) is 13.2 Å². The molecule has 2 aromatic rings. The van der Waals surface area contributed by atoms with Crippen molar-refractivity contribution in [1.82, 2.24) is 5.16 Å². The molecule has 0 fully saturated rings. The molecule has 1 unspecified atom stereocenters. The average molecular weight is 381 g/mol. The molecule has 1 aromatic carbocycles. The minimum Gasteiger partial charge on any atom is -0.486 e. The number of nitrogens with zero attached hydrogens (tertiary/aromatic N) is 1. The van der Waals surface area contributed by atoms with Crippen LogP contribution in [0.2, 0.25) is 5.02 Å². The van der Waals surface area contributed by atoms with E-state index in [2.05, 4.69) is 10.5 Å². The van der Waals surface area contributed by atoms with Crippen LogP contribution in [-0.2, 0) is 20.7 Å². The molecular weight excluding hydrogens is 364 g/mol. The maximum absolute atomic E-state index is 12.1. The molecule has 9 heteroatoms. The van der Waals surface area contributed by atoms with E-state index < -0.39 is 18.0 Å². The first kappa shape index (κ1) is 18.1. The van der Waals surface area contributed by atoms with Crippen molar-refractivity contribution in [3.8, 4) is 11.5 Å². The SMILES string of the molecule is Cc1cc(NC(=O)C(C)OC(=O)Cc2cc(Cl)c3c(c2)OCCO3)on1. The molecule has 0 aliphatic carbocycles. The molecular formula is C17H17ClN2O6. The number of carbonyl (C=O) groups is 2. The fourth-order valence-corrected chi connectivity index (χ4v) is 2.66. The lowest BCUT2D eigenvalue weighted by atomic mass is 10.1. The van der Waals surface area contributed by atoms with Gasteiger partial charge < -0.3 is 18.7 Å². The Bertz CT molecular complexity index is 835.